The normalized spacial score (nSPS) is 33.3. The Hall–Kier alpha value is -0.790. The van der Waals surface area contributed by atoms with Crippen LogP contribution in [0.15, 0.2) is 0 Å². The van der Waals surface area contributed by atoms with Crippen molar-refractivity contribution < 1.29 is 0 Å². The van der Waals surface area contributed by atoms with Crippen LogP contribution in [0, 0.1) is 11.8 Å². The summed E-state index contributed by atoms with van der Waals surface area (Å²) >= 11 is 0. The Balaban J connectivity index is 2.05. The van der Waals surface area contributed by atoms with E-state index in [1.165, 1.54) is 43.7 Å². The van der Waals surface area contributed by atoms with Gasteiger partial charge in [0.15, 0.2) is 0 Å². The van der Waals surface area contributed by atoms with E-state index in [1.807, 2.05) is 0 Å². The molecule has 0 N–H and O–H groups in total. The second kappa shape index (κ2) is 3.61. The molecule has 3 rings (SSSR count). The molecule has 0 radical (unpaired) electrons. The summed E-state index contributed by atoms with van der Waals surface area (Å²) in [6, 6.07) is 0. The first-order valence-electron chi connectivity index (χ1n) is 6.75. The number of hydrogen-bond acceptors (Lipinski definition) is 1. The highest BCUT2D eigenvalue weighted by molar-refractivity contribution is 5.25. The van der Waals surface area contributed by atoms with Crippen molar-refractivity contribution in [2.45, 2.75) is 58.9 Å². The molecule has 16 heavy (non-hydrogen) atoms. The minimum Gasteiger partial charge on any atom is -0.331 e. The SMILES string of the molecule is CC1CCc2nc3c(n2C1)CCC(C)C3C. The molecule has 3 atom stereocenters. The Morgan fingerprint density at radius 1 is 1.12 bits per heavy atom. The molecular weight excluding hydrogens is 196 g/mol. The fourth-order valence-electron chi connectivity index (χ4n) is 3.25. The van der Waals surface area contributed by atoms with Gasteiger partial charge in [0, 0.05) is 24.6 Å². The zero-order valence-electron chi connectivity index (χ0n) is 10.7. The lowest BCUT2D eigenvalue weighted by molar-refractivity contribution is 0.371. The second-order valence-corrected chi connectivity index (χ2v) is 5.92. The van der Waals surface area contributed by atoms with E-state index >= 15 is 0 Å². The van der Waals surface area contributed by atoms with Crippen molar-refractivity contribution >= 4 is 0 Å². The van der Waals surface area contributed by atoms with Crippen LogP contribution < -0.4 is 0 Å². The van der Waals surface area contributed by atoms with Crippen LogP contribution in [0.5, 0.6) is 0 Å². The fraction of sp³-hybridized carbons (Fsp3) is 0.786. The van der Waals surface area contributed by atoms with Gasteiger partial charge in [0.1, 0.15) is 5.82 Å². The Kier molecular flexibility index (Phi) is 2.34. The number of nitrogens with zero attached hydrogens (tertiary/aromatic N) is 2. The topological polar surface area (TPSA) is 17.8 Å². The van der Waals surface area contributed by atoms with E-state index in [9.17, 15) is 0 Å². The van der Waals surface area contributed by atoms with Gasteiger partial charge in [-0.3, -0.25) is 0 Å². The summed E-state index contributed by atoms with van der Waals surface area (Å²) in [5.41, 5.74) is 2.98. The van der Waals surface area contributed by atoms with Crippen LogP contribution >= 0.6 is 0 Å². The quantitative estimate of drug-likeness (QED) is 0.654. The molecule has 1 aliphatic heterocycles. The standard InChI is InChI=1S/C14H22N2/c1-9-4-7-13-15-14-11(3)10(2)5-6-12(14)16(13)8-9/h9-11H,4-8H2,1-3H3. The summed E-state index contributed by atoms with van der Waals surface area (Å²) in [5.74, 6) is 3.67. The van der Waals surface area contributed by atoms with E-state index in [2.05, 4.69) is 25.3 Å². The van der Waals surface area contributed by atoms with Gasteiger partial charge in [0.2, 0.25) is 0 Å². The van der Waals surface area contributed by atoms with Crippen LogP contribution in [0.4, 0.5) is 0 Å². The largest absolute Gasteiger partial charge is 0.331 e. The van der Waals surface area contributed by atoms with Crippen molar-refractivity contribution in [2.24, 2.45) is 11.8 Å². The molecule has 3 unspecified atom stereocenters. The molecule has 2 heteroatoms. The number of aryl methyl sites for hydroxylation is 1. The minimum absolute atomic E-state index is 0.664. The third-order valence-electron chi connectivity index (χ3n) is 4.66. The third-order valence-corrected chi connectivity index (χ3v) is 4.66. The molecule has 0 bridgehead atoms. The van der Waals surface area contributed by atoms with Crippen molar-refractivity contribution in [1.29, 1.82) is 0 Å². The molecule has 2 heterocycles. The van der Waals surface area contributed by atoms with Gasteiger partial charge < -0.3 is 4.57 Å². The lowest BCUT2D eigenvalue weighted by atomic mass is 9.82. The maximum absolute atomic E-state index is 4.92. The van der Waals surface area contributed by atoms with Crippen LogP contribution in [0.1, 0.15) is 56.7 Å². The smallest absolute Gasteiger partial charge is 0.109 e. The monoisotopic (exact) mass is 218 g/mol. The number of hydrogen-bond donors (Lipinski definition) is 0. The fourth-order valence-corrected chi connectivity index (χ4v) is 3.25. The van der Waals surface area contributed by atoms with Gasteiger partial charge in [-0.25, -0.2) is 4.98 Å². The second-order valence-electron chi connectivity index (χ2n) is 5.92. The summed E-state index contributed by atoms with van der Waals surface area (Å²) in [5, 5.41) is 0. The van der Waals surface area contributed by atoms with E-state index in [4.69, 9.17) is 4.98 Å². The van der Waals surface area contributed by atoms with Crippen LogP contribution in [0.2, 0.25) is 0 Å². The van der Waals surface area contributed by atoms with Crippen molar-refractivity contribution in [1.82, 2.24) is 9.55 Å². The summed E-state index contributed by atoms with van der Waals surface area (Å²) < 4.78 is 2.53. The zero-order valence-corrected chi connectivity index (χ0v) is 10.7. The van der Waals surface area contributed by atoms with E-state index in [-0.39, 0.29) is 0 Å². The van der Waals surface area contributed by atoms with Crippen LogP contribution in [-0.4, -0.2) is 9.55 Å². The van der Waals surface area contributed by atoms with Crippen molar-refractivity contribution in [3.63, 3.8) is 0 Å². The van der Waals surface area contributed by atoms with Gasteiger partial charge in [-0.05, 0) is 31.1 Å². The first-order valence-corrected chi connectivity index (χ1v) is 6.75. The van der Waals surface area contributed by atoms with E-state index in [0.29, 0.717) is 5.92 Å². The molecule has 0 amide bonds. The van der Waals surface area contributed by atoms with Gasteiger partial charge in [-0.15, -0.1) is 0 Å². The first kappa shape index (κ1) is 10.4. The number of rotatable bonds is 0. The molecule has 1 aromatic rings. The number of imidazole rings is 1. The molecule has 0 aromatic carbocycles. The highest BCUT2D eigenvalue weighted by atomic mass is 15.1. The van der Waals surface area contributed by atoms with Gasteiger partial charge >= 0.3 is 0 Å². The summed E-state index contributed by atoms with van der Waals surface area (Å²) in [4.78, 5) is 4.92. The average Bonchev–Trinajstić information content (AvgIpc) is 2.62. The van der Waals surface area contributed by atoms with Gasteiger partial charge in [0.25, 0.3) is 0 Å². The number of fused-ring (bicyclic) bond motifs is 3. The Bertz CT molecular complexity index is 405. The van der Waals surface area contributed by atoms with Crippen molar-refractivity contribution in [3.8, 4) is 0 Å². The molecule has 0 fully saturated rings. The summed E-state index contributed by atoms with van der Waals surface area (Å²) in [7, 11) is 0. The number of aromatic nitrogens is 2. The highest BCUT2D eigenvalue weighted by Crippen LogP contribution is 2.37. The molecule has 2 aliphatic rings. The first-order chi connectivity index (χ1) is 7.66. The van der Waals surface area contributed by atoms with Gasteiger partial charge in [-0.2, -0.15) is 0 Å². The lowest BCUT2D eigenvalue weighted by Gasteiger charge is -2.27. The molecule has 1 aliphatic carbocycles. The van der Waals surface area contributed by atoms with E-state index in [0.717, 1.165) is 11.8 Å². The molecule has 2 nitrogen and oxygen atoms in total. The molecule has 0 saturated carbocycles. The van der Waals surface area contributed by atoms with Crippen LogP contribution in [0.3, 0.4) is 0 Å². The Morgan fingerprint density at radius 2 is 1.94 bits per heavy atom. The van der Waals surface area contributed by atoms with Gasteiger partial charge in [-0.1, -0.05) is 20.8 Å². The zero-order chi connectivity index (χ0) is 11.3. The third kappa shape index (κ3) is 1.42. The minimum atomic E-state index is 0.664. The van der Waals surface area contributed by atoms with Crippen molar-refractivity contribution in [3.05, 3.63) is 17.2 Å². The van der Waals surface area contributed by atoms with E-state index in [1.54, 1.807) is 5.69 Å². The molecule has 0 spiro atoms. The average molecular weight is 218 g/mol. The predicted molar refractivity (Wildman–Crippen MR) is 65.6 cm³/mol. The van der Waals surface area contributed by atoms with Crippen molar-refractivity contribution in [2.75, 3.05) is 0 Å². The van der Waals surface area contributed by atoms with Crippen LogP contribution in [-0.2, 0) is 19.4 Å². The molecular formula is C14H22N2. The summed E-state index contributed by atoms with van der Waals surface area (Å²) in [6.45, 7) is 8.29. The van der Waals surface area contributed by atoms with Crippen LogP contribution in [0.25, 0.3) is 0 Å². The molecule has 1 aromatic heterocycles. The lowest BCUT2D eigenvalue weighted by Crippen LogP contribution is -2.22. The molecule has 88 valence electrons. The van der Waals surface area contributed by atoms with Gasteiger partial charge in [0.05, 0.1) is 5.69 Å². The summed E-state index contributed by atoms with van der Waals surface area (Å²) in [6.07, 6.45) is 5.10. The van der Waals surface area contributed by atoms with E-state index < -0.39 is 0 Å². The predicted octanol–water partition coefficient (Wildman–Crippen LogP) is 3.15. The maximum Gasteiger partial charge on any atom is 0.109 e. The molecule has 0 saturated heterocycles. The Morgan fingerprint density at radius 3 is 2.75 bits per heavy atom. The highest BCUT2D eigenvalue weighted by Gasteiger charge is 2.30. The maximum atomic E-state index is 4.92. The Labute approximate surface area is 98.1 Å².